The van der Waals surface area contributed by atoms with Crippen molar-refractivity contribution < 1.29 is 13.9 Å². The van der Waals surface area contributed by atoms with Crippen LogP contribution in [-0.2, 0) is 9.47 Å². The summed E-state index contributed by atoms with van der Waals surface area (Å²) in [5, 5.41) is 0. The largest absolute Gasteiger partial charge is 0.466 e. The molecule has 0 aliphatic carbocycles. The van der Waals surface area contributed by atoms with E-state index in [1.54, 1.807) is 13.4 Å². The lowest BCUT2D eigenvalue weighted by molar-refractivity contribution is 0.0553. The van der Waals surface area contributed by atoms with Crippen molar-refractivity contribution in [3.8, 4) is 0 Å². The number of hydrogen-bond acceptors (Lipinski definition) is 5. The summed E-state index contributed by atoms with van der Waals surface area (Å²) in [4.78, 5) is 0. The lowest BCUT2D eigenvalue weighted by Gasteiger charge is -2.14. The second-order valence-corrected chi connectivity index (χ2v) is 3.77. The van der Waals surface area contributed by atoms with E-state index in [1.807, 2.05) is 6.07 Å². The molecule has 0 aliphatic rings. The molecule has 0 aromatic carbocycles. The number of methoxy groups -OCH3 is 1. The highest BCUT2D eigenvalue weighted by molar-refractivity contribution is 9.10. The number of nitrogens with one attached hydrogen (secondary N) is 1. The van der Waals surface area contributed by atoms with Crippen LogP contribution in [0.15, 0.2) is 21.2 Å². The zero-order valence-corrected chi connectivity index (χ0v) is 10.1. The lowest BCUT2D eigenvalue weighted by Crippen LogP contribution is -2.31. The highest BCUT2D eigenvalue weighted by atomic mass is 79.9. The van der Waals surface area contributed by atoms with Gasteiger partial charge in [-0.1, -0.05) is 0 Å². The van der Waals surface area contributed by atoms with Crippen LogP contribution in [0.1, 0.15) is 11.8 Å². The molecule has 3 N–H and O–H groups in total. The van der Waals surface area contributed by atoms with Crippen LogP contribution >= 0.6 is 15.9 Å². The summed E-state index contributed by atoms with van der Waals surface area (Å²) in [5.74, 6) is 6.14. The van der Waals surface area contributed by atoms with Crippen LogP contribution < -0.4 is 11.3 Å². The van der Waals surface area contributed by atoms with E-state index < -0.39 is 0 Å². The third-order valence-corrected chi connectivity index (χ3v) is 2.53. The normalized spacial score (nSPS) is 13.0. The van der Waals surface area contributed by atoms with Crippen LogP contribution in [0.5, 0.6) is 0 Å². The number of rotatable bonds is 7. The Morgan fingerprint density at radius 1 is 1.60 bits per heavy atom. The molecule has 0 spiro atoms. The molecule has 1 rings (SSSR count). The molecule has 1 heterocycles. The van der Waals surface area contributed by atoms with Crippen molar-refractivity contribution >= 4 is 15.9 Å². The number of furan rings is 1. The van der Waals surface area contributed by atoms with Gasteiger partial charge in [0.1, 0.15) is 11.8 Å². The van der Waals surface area contributed by atoms with Crippen molar-refractivity contribution in [2.75, 3.05) is 26.9 Å². The van der Waals surface area contributed by atoms with Gasteiger partial charge in [0.05, 0.1) is 30.6 Å². The second-order valence-electron chi connectivity index (χ2n) is 2.92. The fourth-order valence-corrected chi connectivity index (χ4v) is 1.57. The molecule has 5 nitrogen and oxygen atoms in total. The van der Waals surface area contributed by atoms with Gasteiger partial charge in [-0.3, -0.25) is 5.84 Å². The molecule has 1 unspecified atom stereocenters. The number of ether oxygens (including phenoxy) is 2. The smallest absolute Gasteiger partial charge is 0.138 e. The minimum absolute atomic E-state index is 0.161. The van der Waals surface area contributed by atoms with E-state index in [4.69, 9.17) is 19.7 Å². The van der Waals surface area contributed by atoms with Gasteiger partial charge >= 0.3 is 0 Å². The van der Waals surface area contributed by atoms with Crippen molar-refractivity contribution in [1.82, 2.24) is 5.43 Å². The van der Waals surface area contributed by atoms with Crippen molar-refractivity contribution in [1.29, 1.82) is 0 Å². The molecule has 86 valence electrons. The summed E-state index contributed by atoms with van der Waals surface area (Å²) in [7, 11) is 1.63. The van der Waals surface area contributed by atoms with Crippen molar-refractivity contribution in [2.45, 2.75) is 6.04 Å². The Bertz CT molecular complexity index is 280. The first-order valence-electron chi connectivity index (χ1n) is 4.55. The lowest BCUT2D eigenvalue weighted by atomic mass is 10.2. The zero-order chi connectivity index (χ0) is 11.1. The average molecular weight is 279 g/mol. The molecule has 0 fully saturated rings. The van der Waals surface area contributed by atoms with Gasteiger partial charge in [0.15, 0.2) is 0 Å². The van der Waals surface area contributed by atoms with E-state index in [-0.39, 0.29) is 6.04 Å². The van der Waals surface area contributed by atoms with Crippen LogP contribution in [0.25, 0.3) is 0 Å². The van der Waals surface area contributed by atoms with Crippen LogP contribution in [-0.4, -0.2) is 26.9 Å². The fraction of sp³-hybridized carbons (Fsp3) is 0.556. The molecule has 1 aromatic rings. The molecule has 0 amide bonds. The maximum atomic E-state index is 5.41. The summed E-state index contributed by atoms with van der Waals surface area (Å²) < 4.78 is 16.4. The van der Waals surface area contributed by atoms with Gasteiger partial charge in [-0.05, 0) is 22.0 Å². The van der Waals surface area contributed by atoms with Gasteiger partial charge in [-0.2, -0.15) is 0 Å². The van der Waals surface area contributed by atoms with Gasteiger partial charge < -0.3 is 13.9 Å². The second kappa shape index (κ2) is 6.97. The quantitative estimate of drug-likeness (QED) is 0.446. The molecule has 15 heavy (non-hydrogen) atoms. The fourth-order valence-electron chi connectivity index (χ4n) is 1.10. The van der Waals surface area contributed by atoms with Crippen LogP contribution in [0.4, 0.5) is 0 Å². The van der Waals surface area contributed by atoms with E-state index in [0.717, 1.165) is 10.2 Å². The highest BCUT2D eigenvalue weighted by Crippen LogP contribution is 2.24. The molecular weight excluding hydrogens is 264 g/mol. The Morgan fingerprint density at radius 3 is 2.93 bits per heavy atom. The van der Waals surface area contributed by atoms with E-state index >= 15 is 0 Å². The molecule has 0 radical (unpaired) electrons. The van der Waals surface area contributed by atoms with Crippen molar-refractivity contribution in [3.05, 3.63) is 22.6 Å². The summed E-state index contributed by atoms with van der Waals surface area (Å²) in [6.07, 6.45) is 1.60. The molecule has 0 bridgehead atoms. The molecule has 1 aromatic heterocycles. The molecule has 0 saturated carbocycles. The minimum atomic E-state index is -0.161. The maximum absolute atomic E-state index is 5.41. The topological polar surface area (TPSA) is 69.7 Å². The molecule has 0 aliphatic heterocycles. The number of nitrogens with two attached hydrogens (primary N) is 1. The average Bonchev–Trinajstić information content (AvgIpc) is 2.65. The van der Waals surface area contributed by atoms with E-state index in [9.17, 15) is 0 Å². The number of hydrazine groups is 1. The Labute approximate surface area is 97.0 Å². The van der Waals surface area contributed by atoms with E-state index in [2.05, 4.69) is 21.4 Å². The van der Waals surface area contributed by atoms with Gasteiger partial charge in [0.2, 0.25) is 0 Å². The van der Waals surface area contributed by atoms with E-state index in [1.165, 1.54) is 0 Å². The van der Waals surface area contributed by atoms with Crippen LogP contribution in [0.2, 0.25) is 0 Å². The first-order valence-corrected chi connectivity index (χ1v) is 5.34. The zero-order valence-electron chi connectivity index (χ0n) is 8.53. The van der Waals surface area contributed by atoms with Crippen LogP contribution in [0, 0.1) is 0 Å². The molecular formula is C9H15BrN2O3. The minimum Gasteiger partial charge on any atom is -0.466 e. The Hall–Kier alpha value is -0.400. The summed E-state index contributed by atoms with van der Waals surface area (Å²) in [5.41, 5.74) is 2.63. The molecule has 6 heteroatoms. The number of halogens is 1. The predicted molar refractivity (Wildman–Crippen MR) is 59.2 cm³/mol. The highest BCUT2D eigenvalue weighted by Gasteiger charge is 2.16. The SMILES string of the molecule is COCCOCC(NN)c1occc1Br. The Kier molecular flexibility index (Phi) is 5.89. The Balaban J connectivity index is 2.39. The van der Waals surface area contributed by atoms with Crippen molar-refractivity contribution in [2.24, 2.45) is 5.84 Å². The third kappa shape index (κ3) is 3.92. The van der Waals surface area contributed by atoms with Gasteiger partial charge in [0.25, 0.3) is 0 Å². The standard InChI is InChI=1S/C9H15BrN2O3/c1-13-4-5-14-6-8(12-11)9-7(10)2-3-15-9/h2-3,8,12H,4-6,11H2,1H3. The van der Waals surface area contributed by atoms with Crippen molar-refractivity contribution in [3.63, 3.8) is 0 Å². The van der Waals surface area contributed by atoms with Gasteiger partial charge in [-0.15, -0.1) is 0 Å². The first kappa shape index (κ1) is 12.7. The predicted octanol–water partition coefficient (Wildman–Crippen LogP) is 1.21. The summed E-state index contributed by atoms with van der Waals surface area (Å²) in [6.45, 7) is 1.54. The van der Waals surface area contributed by atoms with Gasteiger partial charge in [0, 0.05) is 7.11 Å². The third-order valence-electron chi connectivity index (χ3n) is 1.88. The molecule has 0 saturated heterocycles. The van der Waals surface area contributed by atoms with Crippen LogP contribution in [0.3, 0.4) is 0 Å². The first-order chi connectivity index (χ1) is 7.29. The van der Waals surface area contributed by atoms with E-state index in [0.29, 0.717) is 19.8 Å². The summed E-state index contributed by atoms with van der Waals surface area (Å²) >= 11 is 3.36. The van der Waals surface area contributed by atoms with Gasteiger partial charge in [-0.25, -0.2) is 5.43 Å². The maximum Gasteiger partial charge on any atom is 0.138 e. The monoisotopic (exact) mass is 278 g/mol. The molecule has 1 atom stereocenters. The summed E-state index contributed by atoms with van der Waals surface area (Å²) in [6, 6.07) is 1.65. The number of hydrogen-bond donors (Lipinski definition) is 2. The Morgan fingerprint density at radius 2 is 2.40 bits per heavy atom.